The third-order valence-corrected chi connectivity index (χ3v) is 3.46. The molecule has 0 N–H and O–H groups in total. The highest BCUT2D eigenvalue weighted by molar-refractivity contribution is 5.54. The van der Waals surface area contributed by atoms with Gasteiger partial charge in [-0.1, -0.05) is 24.2 Å². The molecule has 0 fully saturated rings. The molecule has 0 saturated carbocycles. The van der Waals surface area contributed by atoms with Crippen LogP contribution in [0.15, 0.2) is 22.7 Å². The van der Waals surface area contributed by atoms with Crippen LogP contribution >= 0.6 is 0 Å². The van der Waals surface area contributed by atoms with Crippen molar-refractivity contribution in [2.75, 3.05) is 13.1 Å². The lowest BCUT2D eigenvalue weighted by molar-refractivity contribution is 0.223. The predicted octanol–water partition coefficient (Wildman–Crippen LogP) is 3.17. The molecule has 0 saturated heterocycles. The maximum atomic E-state index is 13.6. The van der Waals surface area contributed by atoms with Crippen molar-refractivity contribution in [3.05, 3.63) is 35.5 Å². The fourth-order valence-corrected chi connectivity index (χ4v) is 2.09. The minimum atomic E-state index is -0.290. The first-order valence-corrected chi connectivity index (χ1v) is 7.24. The SMILES string of the molecule is CCN(Cc1nc(-c2ccc(C)c(F)c2)no1)C[C@@H](C)C#N. The van der Waals surface area contributed by atoms with E-state index in [1.807, 2.05) is 13.8 Å². The van der Waals surface area contributed by atoms with Crippen LogP contribution in [0.4, 0.5) is 4.39 Å². The number of rotatable bonds is 6. The largest absolute Gasteiger partial charge is 0.338 e. The molecule has 116 valence electrons. The molecular weight excluding hydrogens is 283 g/mol. The number of nitriles is 1. The Bertz CT molecular complexity index is 677. The van der Waals surface area contributed by atoms with Gasteiger partial charge in [0.05, 0.1) is 18.5 Å². The molecule has 2 rings (SSSR count). The minimum absolute atomic E-state index is 0.0615. The molecule has 1 heterocycles. The van der Waals surface area contributed by atoms with Crippen LogP contribution in [0.1, 0.15) is 25.3 Å². The van der Waals surface area contributed by atoms with Crippen LogP contribution in [0, 0.1) is 30.0 Å². The van der Waals surface area contributed by atoms with E-state index in [9.17, 15) is 4.39 Å². The summed E-state index contributed by atoms with van der Waals surface area (Å²) < 4.78 is 18.8. The van der Waals surface area contributed by atoms with E-state index < -0.39 is 0 Å². The van der Waals surface area contributed by atoms with Gasteiger partial charge in [0.25, 0.3) is 0 Å². The third kappa shape index (κ3) is 3.89. The van der Waals surface area contributed by atoms with Gasteiger partial charge < -0.3 is 4.52 Å². The minimum Gasteiger partial charge on any atom is -0.338 e. The van der Waals surface area contributed by atoms with Gasteiger partial charge in [-0.3, -0.25) is 4.90 Å². The van der Waals surface area contributed by atoms with Crippen molar-refractivity contribution >= 4 is 0 Å². The van der Waals surface area contributed by atoms with E-state index in [0.29, 0.717) is 35.9 Å². The molecule has 0 amide bonds. The van der Waals surface area contributed by atoms with Crippen molar-refractivity contribution in [1.82, 2.24) is 15.0 Å². The molecule has 5 nitrogen and oxygen atoms in total. The van der Waals surface area contributed by atoms with Crippen molar-refractivity contribution in [3.63, 3.8) is 0 Å². The van der Waals surface area contributed by atoms with Gasteiger partial charge in [0.2, 0.25) is 11.7 Å². The summed E-state index contributed by atoms with van der Waals surface area (Å²) in [6, 6.07) is 7.06. The second-order valence-electron chi connectivity index (χ2n) is 5.33. The highest BCUT2D eigenvalue weighted by Crippen LogP contribution is 2.19. The zero-order valence-electron chi connectivity index (χ0n) is 13.0. The lowest BCUT2D eigenvalue weighted by Gasteiger charge is -2.18. The molecule has 0 aliphatic heterocycles. The molecule has 1 atom stereocenters. The van der Waals surface area contributed by atoms with Crippen molar-refractivity contribution < 1.29 is 8.91 Å². The van der Waals surface area contributed by atoms with Crippen LogP contribution in [0.5, 0.6) is 0 Å². The summed E-state index contributed by atoms with van der Waals surface area (Å²) in [7, 11) is 0. The van der Waals surface area contributed by atoms with Gasteiger partial charge in [-0.2, -0.15) is 10.2 Å². The van der Waals surface area contributed by atoms with E-state index in [1.165, 1.54) is 6.07 Å². The van der Waals surface area contributed by atoms with Gasteiger partial charge >= 0.3 is 0 Å². The van der Waals surface area contributed by atoms with Crippen LogP contribution in [0.2, 0.25) is 0 Å². The van der Waals surface area contributed by atoms with Gasteiger partial charge in [-0.05, 0) is 32.0 Å². The van der Waals surface area contributed by atoms with Crippen LogP contribution in [-0.4, -0.2) is 28.1 Å². The van der Waals surface area contributed by atoms with Gasteiger partial charge in [-0.25, -0.2) is 4.39 Å². The summed E-state index contributed by atoms with van der Waals surface area (Å²) in [5.41, 5.74) is 1.17. The molecule has 6 heteroatoms. The Balaban J connectivity index is 2.10. The molecule has 0 radical (unpaired) electrons. The van der Waals surface area contributed by atoms with E-state index in [0.717, 1.165) is 6.54 Å². The first-order valence-electron chi connectivity index (χ1n) is 7.24. The predicted molar refractivity (Wildman–Crippen MR) is 80.2 cm³/mol. The summed E-state index contributed by atoms with van der Waals surface area (Å²) in [6.45, 7) is 7.49. The van der Waals surface area contributed by atoms with Gasteiger partial charge in [0, 0.05) is 12.1 Å². The first kappa shape index (κ1) is 16.1. The summed E-state index contributed by atoms with van der Waals surface area (Å²) in [5.74, 6) is 0.483. The molecule has 0 unspecified atom stereocenters. The second-order valence-corrected chi connectivity index (χ2v) is 5.33. The molecule has 1 aromatic carbocycles. The summed E-state index contributed by atoms with van der Waals surface area (Å²) >= 11 is 0. The maximum Gasteiger partial charge on any atom is 0.241 e. The average Bonchev–Trinajstić information content (AvgIpc) is 2.97. The van der Waals surface area contributed by atoms with Crippen molar-refractivity contribution in [3.8, 4) is 17.5 Å². The number of hydrogen-bond acceptors (Lipinski definition) is 5. The Kier molecular flexibility index (Phi) is 5.23. The molecular formula is C16H19FN4O. The van der Waals surface area contributed by atoms with E-state index in [1.54, 1.807) is 19.1 Å². The number of aryl methyl sites for hydroxylation is 1. The lowest BCUT2D eigenvalue weighted by Crippen LogP contribution is -2.27. The van der Waals surface area contributed by atoms with E-state index >= 15 is 0 Å². The fraction of sp³-hybridized carbons (Fsp3) is 0.438. The number of aromatic nitrogens is 2. The Morgan fingerprint density at radius 1 is 1.45 bits per heavy atom. The Morgan fingerprint density at radius 2 is 2.23 bits per heavy atom. The zero-order valence-corrected chi connectivity index (χ0v) is 13.0. The molecule has 0 bridgehead atoms. The number of nitrogens with zero attached hydrogens (tertiary/aromatic N) is 4. The molecule has 1 aromatic heterocycles. The summed E-state index contributed by atoms with van der Waals surface area (Å²) in [6.07, 6.45) is 0. The Morgan fingerprint density at radius 3 is 2.86 bits per heavy atom. The fourth-order valence-electron chi connectivity index (χ4n) is 2.09. The van der Waals surface area contributed by atoms with Gasteiger partial charge in [0.1, 0.15) is 5.82 Å². The highest BCUT2D eigenvalue weighted by atomic mass is 19.1. The van der Waals surface area contributed by atoms with Crippen LogP contribution in [-0.2, 0) is 6.54 Å². The molecule has 0 spiro atoms. The van der Waals surface area contributed by atoms with E-state index in [-0.39, 0.29) is 11.7 Å². The first-order chi connectivity index (χ1) is 10.5. The third-order valence-electron chi connectivity index (χ3n) is 3.46. The Labute approximate surface area is 129 Å². The molecule has 0 aliphatic carbocycles. The maximum absolute atomic E-state index is 13.6. The monoisotopic (exact) mass is 302 g/mol. The van der Waals surface area contributed by atoms with Crippen molar-refractivity contribution in [2.24, 2.45) is 5.92 Å². The summed E-state index contributed by atoms with van der Waals surface area (Å²) in [4.78, 5) is 6.36. The van der Waals surface area contributed by atoms with Crippen LogP contribution in [0.3, 0.4) is 0 Å². The number of halogens is 1. The number of benzene rings is 1. The second kappa shape index (κ2) is 7.14. The molecule has 2 aromatic rings. The average molecular weight is 302 g/mol. The molecule has 22 heavy (non-hydrogen) atoms. The lowest BCUT2D eigenvalue weighted by atomic mass is 10.1. The highest BCUT2D eigenvalue weighted by Gasteiger charge is 2.14. The zero-order chi connectivity index (χ0) is 16.1. The normalized spacial score (nSPS) is 12.4. The smallest absolute Gasteiger partial charge is 0.241 e. The van der Waals surface area contributed by atoms with Crippen molar-refractivity contribution in [1.29, 1.82) is 5.26 Å². The van der Waals surface area contributed by atoms with Crippen molar-refractivity contribution in [2.45, 2.75) is 27.3 Å². The Hall–Kier alpha value is -2.26. The summed E-state index contributed by atoms with van der Waals surface area (Å²) in [5, 5.41) is 12.8. The standard InChI is InChI=1S/C16H19FN4O/c1-4-21(9-11(2)8-18)10-15-19-16(20-22-15)13-6-5-12(3)14(17)7-13/h5-7,11H,4,9-10H2,1-3H3/t11-/m0/s1. The number of hydrogen-bond donors (Lipinski definition) is 0. The topological polar surface area (TPSA) is 66.0 Å². The van der Waals surface area contributed by atoms with Gasteiger partial charge in [-0.15, -0.1) is 0 Å². The van der Waals surface area contributed by atoms with E-state index in [2.05, 4.69) is 21.1 Å². The van der Waals surface area contributed by atoms with Crippen LogP contribution < -0.4 is 0 Å². The molecule has 0 aliphatic rings. The van der Waals surface area contributed by atoms with E-state index in [4.69, 9.17) is 9.78 Å². The van der Waals surface area contributed by atoms with Crippen LogP contribution in [0.25, 0.3) is 11.4 Å². The van der Waals surface area contributed by atoms with Gasteiger partial charge in [0.15, 0.2) is 0 Å². The quantitative estimate of drug-likeness (QED) is 0.820.